The number of hydrogen-bond donors (Lipinski definition) is 3. The number of aromatic carboxylic acids is 1. The number of carboxylic acid groups (broad SMARTS) is 1. The number of carboxylic acids is 1. The summed E-state index contributed by atoms with van der Waals surface area (Å²) < 4.78 is 0. The van der Waals surface area contributed by atoms with E-state index >= 15 is 0 Å². The van der Waals surface area contributed by atoms with E-state index in [1.807, 2.05) is 6.92 Å². The lowest BCUT2D eigenvalue weighted by Gasteiger charge is -2.27. The van der Waals surface area contributed by atoms with Crippen molar-refractivity contribution in [2.75, 3.05) is 6.54 Å². The molecule has 1 aliphatic heterocycles. The van der Waals surface area contributed by atoms with Crippen LogP contribution in [0.25, 0.3) is 0 Å². The molecule has 1 aromatic heterocycles. The summed E-state index contributed by atoms with van der Waals surface area (Å²) in [6.07, 6.45) is 1.66. The molecule has 3 unspecified atom stereocenters. The van der Waals surface area contributed by atoms with Gasteiger partial charge in [0, 0.05) is 17.3 Å². The summed E-state index contributed by atoms with van der Waals surface area (Å²) in [6.45, 7) is 4.75. The van der Waals surface area contributed by atoms with E-state index in [4.69, 9.17) is 5.11 Å². The highest BCUT2D eigenvalue weighted by Gasteiger charge is 2.26. The predicted molar refractivity (Wildman–Crippen MR) is 75.8 cm³/mol. The van der Waals surface area contributed by atoms with Crippen LogP contribution in [-0.2, 0) is 4.79 Å². The summed E-state index contributed by atoms with van der Waals surface area (Å²) in [4.78, 5) is 27.0. The molecule has 1 aliphatic rings. The number of carbonyl (C=O) groups is 2. The lowest BCUT2D eigenvalue weighted by atomic mass is 9.92. The Morgan fingerprint density at radius 1 is 1.60 bits per heavy atom. The number of nitrogens with zero attached hydrogens (tertiary/aromatic N) is 1. The summed E-state index contributed by atoms with van der Waals surface area (Å²) >= 11 is 1.26. The molecule has 6 nitrogen and oxygen atoms in total. The first-order valence-corrected chi connectivity index (χ1v) is 7.57. The van der Waals surface area contributed by atoms with E-state index in [0.29, 0.717) is 11.0 Å². The van der Waals surface area contributed by atoms with Gasteiger partial charge in [-0.3, -0.25) is 4.79 Å². The molecule has 7 heteroatoms. The first kappa shape index (κ1) is 14.9. The molecule has 2 heterocycles. The molecule has 0 aromatic carbocycles. The van der Waals surface area contributed by atoms with Crippen molar-refractivity contribution in [2.45, 2.75) is 38.8 Å². The summed E-state index contributed by atoms with van der Waals surface area (Å²) in [5.74, 6) is -0.997. The third-order valence-corrected chi connectivity index (χ3v) is 4.49. The van der Waals surface area contributed by atoms with Crippen LogP contribution in [0.1, 0.15) is 48.2 Å². The predicted octanol–water partition coefficient (Wildman–Crippen LogP) is 1.41. The minimum absolute atomic E-state index is 0.0209. The van der Waals surface area contributed by atoms with E-state index in [-0.39, 0.29) is 23.6 Å². The molecule has 0 saturated carbocycles. The Balaban J connectivity index is 1.94. The highest BCUT2D eigenvalue weighted by Crippen LogP contribution is 2.21. The van der Waals surface area contributed by atoms with Crippen LogP contribution in [-0.4, -0.2) is 34.6 Å². The zero-order valence-electron chi connectivity index (χ0n) is 11.5. The van der Waals surface area contributed by atoms with Crippen molar-refractivity contribution in [2.24, 2.45) is 5.92 Å². The highest BCUT2D eigenvalue weighted by atomic mass is 32.1. The van der Waals surface area contributed by atoms with Gasteiger partial charge in [-0.1, -0.05) is 0 Å². The quantitative estimate of drug-likeness (QED) is 0.781. The van der Waals surface area contributed by atoms with Crippen molar-refractivity contribution in [3.8, 4) is 0 Å². The Morgan fingerprint density at radius 2 is 2.35 bits per heavy atom. The van der Waals surface area contributed by atoms with Crippen molar-refractivity contribution in [1.29, 1.82) is 0 Å². The third kappa shape index (κ3) is 3.55. The number of amides is 1. The van der Waals surface area contributed by atoms with Gasteiger partial charge in [-0.15, -0.1) is 11.3 Å². The fraction of sp³-hybridized carbons (Fsp3) is 0.615. The standard InChI is InChI=1S/C13H19N3O3S/c1-7-5-9(3-4-14-7)11(17)15-8(2)12-16-10(6-20-12)13(18)19/h6-9,14H,3-5H2,1-2H3,(H,15,17)(H,18,19). The molecule has 3 atom stereocenters. The van der Waals surface area contributed by atoms with Crippen LogP contribution in [0, 0.1) is 5.92 Å². The average Bonchev–Trinajstić information content (AvgIpc) is 2.88. The van der Waals surface area contributed by atoms with E-state index in [1.54, 1.807) is 0 Å². The van der Waals surface area contributed by atoms with Crippen LogP contribution in [0.3, 0.4) is 0 Å². The summed E-state index contributed by atoms with van der Waals surface area (Å²) in [7, 11) is 0. The van der Waals surface area contributed by atoms with Crippen molar-refractivity contribution in [3.63, 3.8) is 0 Å². The first-order chi connectivity index (χ1) is 9.47. The third-order valence-electron chi connectivity index (χ3n) is 3.46. The molecule has 0 bridgehead atoms. The summed E-state index contributed by atoms with van der Waals surface area (Å²) in [5.41, 5.74) is 0.0292. The lowest BCUT2D eigenvalue weighted by Crippen LogP contribution is -2.42. The van der Waals surface area contributed by atoms with Gasteiger partial charge < -0.3 is 15.7 Å². The zero-order chi connectivity index (χ0) is 14.7. The topological polar surface area (TPSA) is 91.3 Å². The van der Waals surface area contributed by atoms with Gasteiger partial charge in [-0.2, -0.15) is 0 Å². The molecule has 2 rings (SSSR count). The average molecular weight is 297 g/mol. The number of piperidine rings is 1. The second-order valence-corrected chi connectivity index (χ2v) is 6.07. The molecule has 110 valence electrons. The Kier molecular flexibility index (Phi) is 4.72. The van der Waals surface area contributed by atoms with Gasteiger partial charge in [0.05, 0.1) is 6.04 Å². The summed E-state index contributed by atoms with van der Waals surface area (Å²) in [5, 5.41) is 17.2. The van der Waals surface area contributed by atoms with Gasteiger partial charge in [0.1, 0.15) is 5.01 Å². The lowest BCUT2D eigenvalue weighted by molar-refractivity contribution is -0.126. The fourth-order valence-corrected chi connectivity index (χ4v) is 3.15. The molecule has 3 N–H and O–H groups in total. The van der Waals surface area contributed by atoms with Gasteiger partial charge in [0.15, 0.2) is 5.69 Å². The van der Waals surface area contributed by atoms with Crippen LogP contribution in [0.15, 0.2) is 5.38 Å². The number of hydrogen-bond acceptors (Lipinski definition) is 5. The smallest absolute Gasteiger partial charge is 0.355 e. The molecule has 1 fully saturated rings. The fourth-order valence-electron chi connectivity index (χ4n) is 2.35. The minimum atomic E-state index is -1.04. The number of aromatic nitrogens is 1. The van der Waals surface area contributed by atoms with Gasteiger partial charge in [0.2, 0.25) is 5.91 Å². The van der Waals surface area contributed by atoms with Crippen molar-refractivity contribution in [3.05, 3.63) is 16.1 Å². The largest absolute Gasteiger partial charge is 0.476 e. The Bertz CT molecular complexity index is 503. The van der Waals surface area contributed by atoms with Crippen LogP contribution in [0.4, 0.5) is 0 Å². The molecular weight excluding hydrogens is 278 g/mol. The maximum atomic E-state index is 12.2. The van der Waals surface area contributed by atoms with Crippen LogP contribution in [0.5, 0.6) is 0 Å². The molecule has 0 aliphatic carbocycles. The van der Waals surface area contributed by atoms with E-state index in [0.717, 1.165) is 19.4 Å². The van der Waals surface area contributed by atoms with E-state index < -0.39 is 5.97 Å². The highest BCUT2D eigenvalue weighted by molar-refractivity contribution is 7.09. The van der Waals surface area contributed by atoms with E-state index in [9.17, 15) is 9.59 Å². The molecule has 1 saturated heterocycles. The second-order valence-electron chi connectivity index (χ2n) is 5.18. The molecule has 20 heavy (non-hydrogen) atoms. The van der Waals surface area contributed by atoms with Crippen molar-refractivity contribution in [1.82, 2.24) is 15.6 Å². The Morgan fingerprint density at radius 3 is 2.95 bits per heavy atom. The van der Waals surface area contributed by atoms with Gasteiger partial charge >= 0.3 is 5.97 Å². The SMILES string of the molecule is CC1CC(C(=O)NC(C)c2nc(C(=O)O)cs2)CCN1. The van der Waals surface area contributed by atoms with Gasteiger partial charge in [-0.05, 0) is 33.2 Å². The van der Waals surface area contributed by atoms with Crippen molar-refractivity contribution < 1.29 is 14.7 Å². The van der Waals surface area contributed by atoms with Crippen LogP contribution in [0.2, 0.25) is 0 Å². The molecule has 1 amide bonds. The second kappa shape index (κ2) is 6.32. The van der Waals surface area contributed by atoms with E-state index in [2.05, 4.69) is 22.5 Å². The molecule has 0 spiro atoms. The maximum absolute atomic E-state index is 12.2. The maximum Gasteiger partial charge on any atom is 0.355 e. The van der Waals surface area contributed by atoms with Crippen LogP contribution < -0.4 is 10.6 Å². The van der Waals surface area contributed by atoms with Gasteiger partial charge in [0.25, 0.3) is 0 Å². The molecular formula is C13H19N3O3S. The Hall–Kier alpha value is -1.47. The van der Waals surface area contributed by atoms with Gasteiger partial charge in [-0.25, -0.2) is 9.78 Å². The molecule has 1 aromatic rings. The van der Waals surface area contributed by atoms with E-state index in [1.165, 1.54) is 16.7 Å². The normalized spacial score (nSPS) is 24.1. The molecule has 0 radical (unpaired) electrons. The number of nitrogens with one attached hydrogen (secondary N) is 2. The number of rotatable bonds is 4. The zero-order valence-corrected chi connectivity index (χ0v) is 12.4. The Labute approximate surface area is 121 Å². The minimum Gasteiger partial charge on any atom is -0.476 e. The van der Waals surface area contributed by atoms with Crippen molar-refractivity contribution >= 4 is 23.2 Å². The first-order valence-electron chi connectivity index (χ1n) is 6.70. The van der Waals surface area contributed by atoms with Crippen LogP contribution >= 0.6 is 11.3 Å². The monoisotopic (exact) mass is 297 g/mol. The number of carbonyl (C=O) groups excluding carboxylic acids is 1. The summed E-state index contributed by atoms with van der Waals surface area (Å²) in [6, 6.07) is 0.0964. The number of thiazole rings is 1.